The van der Waals surface area contributed by atoms with E-state index in [-0.39, 0.29) is 6.71 Å². The quantitative estimate of drug-likeness (QED) is 0.176. The van der Waals surface area contributed by atoms with Crippen LogP contribution in [0.3, 0.4) is 0 Å². The molecule has 3 aromatic heterocycles. The molecule has 0 radical (unpaired) electrons. The van der Waals surface area contributed by atoms with Crippen LogP contribution in [0.2, 0.25) is 0 Å². The van der Waals surface area contributed by atoms with E-state index in [9.17, 15) is 0 Å². The molecule has 0 amide bonds. The minimum Gasteiger partial charge on any atom is -0.458 e. The van der Waals surface area contributed by atoms with Crippen molar-refractivity contribution in [1.82, 2.24) is 14.5 Å². The number of rotatable bonds is 4. The number of ether oxygens (including phenoxy) is 2. The van der Waals surface area contributed by atoms with Crippen molar-refractivity contribution in [3.05, 3.63) is 170 Å². The summed E-state index contributed by atoms with van der Waals surface area (Å²) in [6.45, 7) is -0.0557. The fraction of sp³-hybridized carbons (Fsp3) is 0. The Bertz CT molecular complexity index is 2680. The molecule has 0 aliphatic carbocycles. The first-order chi connectivity index (χ1) is 25.8. The van der Waals surface area contributed by atoms with E-state index < -0.39 is 0 Å². The summed E-state index contributed by atoms with van der Waals surface area (Å²) in [5.41, 5.74) is 12.7. The lowest BCUT2D eigenvalue weighted by Crippen LogP contribution is -2.57. The molecule has 6 heteroatoms. The van der Waals surface area contributed by atoms with Crippen LogP contribution in [-0.2, 0) is 0 Å². The van der Waals surface area contributed by atoms with E-state index in [1.807, 2.05) is 48.8 Å². The van der Waals surface area contributed by atoms with Gasteiger partial charge in [-0.15, -0.1) is 0 Å². The second kappa shape index (κ2) is 11.3. The van der Waals surface area contributed by atoms with Crippen molar-refractivity contribution in [2.24, 2.45) is 0 Å². The lowest BCUT2D eigenvalue weighted by atomic mass is 9.34. The van der Waals surface area contributed by atoms with E-state index in [4.69, 9.17) is 9.47 Å². The largest absolute Gasteiger partial charge is 0.458 e. The maximum atomic E-state index is 6.81. The van der Waals surface area contributed by atoms with Gasteiger partial charge in [-0.1, -0.05) is 84.9 Å². The Balaban J connectivity index is 1.05. The van der Waals surface area contributed by atoms with Gasteiger partial charge in [0.15, 0.2) is 0 Å². The lowest BCUT2D eigenvalue weighted by molar-refractivity contribution is 0.465. The summed E-state index contributed by atoms with van der Waals surface area (Å²) >= 11 is 0. The zero-order valence-electron chi connectivity index (χ0n) is 27.9. The SMILES string of the molecule is c1ccc(-c2ccc3c(c2)Oc2cc(-c4ccc(-n5c6ccccc6c6ccccc65)cc4)cc4c2B3c2ccc(-c3ccccn3)cc2O4)nc1. The molecule has 0 bridgehead atoms. The van der Waals surface area contributed by atoms with E-state index in [1.54, 1.807) is 0 Å². The second-order valence-corrected chi connectivity index (χ2v) is 13.4. The van der Waals surface area contributed by atoms with E-state index in [2.05, 4.69) is 136 Å². The Hall–Kier alpha value is -6.92. The highest BCUT2D eigenvalue weighted by Gasteiger charge is 2.40. The summed E-state index contributed by atoms with van der Waals surface area (Å²) in [7, 11) is 0. The molecule has 0 spiro atoms. The topological polar surface area (TPSA) is 49.2 Å². The average Bonchev–Trinajstić information content (AvgIpc) is 3.55. The van der Waals surface area contributed by atoms with Gasteiger partial charge in [0.2, 0.25) is 0 Å². The number of hydrogen-bond donors (Lipinski definition) is 0. The molecular formula is C46H28BN3O2. The number of hydrogen-bond acceptors (Lipinski definition) is 4. The van der Waals surface area contributed by atoms with E-state index in [1.165, 1.54) is 21.8 Å². The molecule has 5 nitrogen and oxygen atoms in total. The third-order valence-corrected chi connectivity index (χ3v) is 10.4. The van der Waals surface area contributed by atoms with Gasteiger partial charge < -0.3 is 14.0 Å². The van der Waals surface area contributed by atoms with Gasteiger partial charge in [-0.2, -0.15) is 0 Å². The van der Waals surface area contributed by atoms with Gasteiger partial charge in [0.1, 0.15) is 23.0 Å². The van der Waals surface area contributed by atoms with Crippen LogP contribution in [-0.4, -0.2) is 21.2 Å². The fourth-order valence-electron chi connectivity index (χ4n) is 8.05. The zero-order valence-corrected chi connectivity index (χ0v) is 27.9. The smallest absolute Gasteiger partial charge is 0.260 e. The van der Waals surface area contributed by atoms with Crippen LogP contribution < -0.4 is 25.9 Å². The molecular weight excluding hydrogens is 637 g/mol. The van der Waals surface area contributed by atoms with Gasteiger partial charge in [0.25, 0.3) is 6.71 Å². The van der Waals surface area contributed by atoms with Gasteiger partial charge in [-0.3, -0.25) is 9.97 Å². The van der Waals surface area contributed by atoms with Crippen LogP contribution in [0.1, 0.15) is 0 Å². The molecule has 242 valence electrons. The number of benzene rings is 6. The predicted octanol–water partition coefficient (Wildman–Crippen LogP) is 9.30. The zero-order chi connectivity index (χ0) is 34.2. The first kappa shape index (κ1) is 28.9. The molecule has 2 aliphatic heterocycles. The van der Waals surface area contributed by atoms with Crippen LogP contribution in [0.5, 0.6) is 23.0 Å². The van der Waals surface area contributed by atoms with Crippen LogP contribution >= 0.6 is 0 Å². The van der Waals surface area contributed by atoms with Crippen LogP contribution in [0, 0.1) is 0 Å². The summed E-state index contributed by atoms with van der Waals surface area (Å²) < 4.78 is 16.0. The Morgan fingerprint density at radius 1 is 0.423 bits per heavy atom. The van der Waals surface area contributed by atoms with Crippen molar-refractivity contribution < 1.29 is 9.47 Å². The van der Waals surface area contributed by atoms with Crippen molar-refractivity contribution in [2.45, 2.75) is 0 Å². The summed E-state index contributed by atoms with van der Waals surface area (Å²) in [6.07, 6.45) is 3.65. The minimum atomic E-state index is -0.0557. The first-order valence-corrected chi connectivity index (χ1v) is 17.5. The van der Waals surface area contributed by atoms with E-state index >= 15 is 0 Å². The van der Waals surface area contributed by atoms with Gasteiger partial charge >= 0.3 is 0 Å². The highest BCUT2D eigenvalue weighted by molar-refractivity contribution is 6.98. The van der Waals surface area contributed by atoms with Crippen molar-refractivity contribution in [3.63, 3.8) is 0 Å². The standard InChI is InChI=1S/C46H28BN3O2/c1-3-13-40-34(9-1)35-10-2-4-14-41(35)50(40)33-19-15-29(16-20-33)32-27-44-46-45(28-32)52-43-26-31(39-12-6-8-24-49-39)18-22-37(43)47(46)36-21-17-30(25-42(36)51-44)38-11-5-7-23-48-38/h1-28H. The second-order valence-electron chi connectivity index (χ2n) is 13.4. The van der Waals surface area contributed by atoms with Crippen LogP contribution in [0.15, 0.2) is 170 Å². The molecule has 0 fully saturated rings. The maximum absolute atomic E-state index is 6.81. The Morgan fingerprint density at radius 2 is 0.904 bits per heavy atom. The van der Waals surface area contributed by atoms with Gasteiger partial charge in [0.05, 0.1) is 22.4 Å². The molecule has 0 saturated heterocycles. The summed E-state index contributed by atoms with van der Waals surface area (Å²) in [6, 6.07) is 55.1. The monoisotopic (exact) mass is 665 g/mol. The van der Waals surface area contributed by atoms with E-state index in [0.29, 0.717) is 0 Å². The number of aromatic nitrogens is 3. The fourth-order valence-corrected chi connectivity index (χ4v) is 8.05. The van der Waals surface area contributed by atoms with Gasteiger partial charge in [-0.25, -0.2) is 0 Å². The third kappa shape index (κ3) is 4.44. The van der Waals surface area contributed by atoms with Gasteiger partial charge in [-0.05, 0) is 94.8 Å². The molecule has 11 rings (SSSR count). The van der Waals surface area contributed by atoms with Crippen molar-refractivity contribution in [3.8, 4) is 62.3 Å². The molecule has 0 unspecified atom stereocenters. The average molecular weight is 666 g/mol. The van der Waals surface area contributed by atoms with Gasteiger partial charge in [0, 0.05) is 45.4 Å². The summed E-state index contributed by atoms with van der Waals surface area (Å²) in [5, 5.41) is 2.50. The Labute approximate surface area is 300 Å². The lowest BCUT2D eigenvalue weighted by Gasteiger charge is -2.33. The summed E-state index contributed by atoms with van der Waals surface area (Å²) in [5.74, 6) is 3.25. The van der Waals surface area contributed by atoms with E-state index in [0.717, 1.165) is 78.7 Å². The molecule has 6 aromatic carbocycles. The first-order valence-electron chi connectivity index (χ1n) is 17.5. The molecule has 52 heavy (non-hydrogen) atoms. The number of pyridine rings is 2. The highest BCUT2D eigenvalue weighted by Crippen LogP contribution is 2.40. The van der Waals surface area contributed by atoms with Crippen molar-refractivity contribution >= 4 is 44.9 Å². The molecule has 0 N–H and O–H groups in total. The highest BCUT2D eigenvalue weighted by atomic mass is 16.5. The van der Waals surface area contributed by atoms with Crippen LogP contribution in [0.25, 0.3) is 61.1 Å². The van der Waals surface area contributed by atoms with Crippen molar-refractivity contribution in [1.29, 1.82) is 0 Å². The van der Waals surface area contributed by atoms with Crippen LogP contribution in [0.4, 0.5) is 0 Å². The molecule has 0 saturated carbocycles. The number of para-hydroxylation sites is 2. The molecule has 9 aromatic rings. The van der Waals surface area contributed by atoms with Crippen molar-refractivity contribution in [2.75, 3.05) is 0 Å². The predicted molar refractivity (Wildman–Crippen MR) is 210 cm³/mol. The number of fused-ring (bicyclic) bond motifs is 7. The molecule has 2 aliphatic rings. The Morgan fingerprint density at radius 3 is 1.42 bits per heavy atom. The third-order valence-electron chi connectivity index (χ3n) is 10.4. The molecule has 0 atom stereocenters. The number of nitrogens with zero attached hydrogens (tertiary/aromatic N) is 3. The maximum Gasteiger partial charge on any atom is 0.260 e. The Kier molecular flexibility index (Phi) is 6.28. The minimum absolute atomic E-state index is 0.0557. The normalized spacial score (nSPS) is 12.5. The summed E-state index contributed by atoms with van der Waals surface area (Å²) in [4.78, 5) is 9.22. The molecule has 5 heterocycles.